The Labute approximate surface area is 126 Å². The molecule has 2 aromatic rings. The zero-order valence-electron chi connectivity index (χ0n) is 11.6. The van der Waals surface area contributed by atoms with Crippen LogP contribution < -0.4 is 5.73 Å². The van der Waals surface area contributed by atoms with Gasteiger partial charge in [-0.25, -0.2) is 9.78 Å². The largest absolute Gasteiger partial charge is 0.465 e. The number of nitrogens with two attached hydrogens (primary N) is 1. The molecule has 0 bridgehead atoms. The van der Waals surface area contributed by atoms with Crippen LogP contribution in [-0.4, -0.2) is 18.1 Å². The molecule has 0 aliphatic rings. The first kappa shape index (κ1) is 14.8. The quantitative estimate of drug-likeness (QED) is 0.695. The highest BCUT2D eigenvalue weighted by Crippen LogP contribution is 2.27. The maximum absolute atomic E-state index is 11.5. The Balaban J connectivity index is 2.41. The number of hydrogen-bond acceptors (Lipinski definition) is 6. The van der Waals surface area contributed by atoms with Crippen molar-refractivity contribution >= 4 is 22.9 Å². The Bertz CT molecular complexity index is 752. The minimum absolute atomic E-state index is 0.363. The molecule has 0 unspecified atom stereocenters. The number of nitriles is 1. The monoisotopic (exact) mass is 299 g/mol. The van der Waals surface area contributed by atoms with Gasteiger partial charge in [0.15, 0.2) is 0 Å². The highest BCUT2D eigenvalue weighted by atomic mass is 32.1. The van der Waals surface area contributed by atoms with Crippen molar-refractivity contribution in [2.75, 3.05) is 7.11 Å². The first-order valence-electron chi connectivity index (χ1n) is 6.08. The summed E-state index contributed by atoms with van der Waals surface area (Å²) in [6, 6.07) is 9.04. The van der Waals surface area contributed by atoms with Gasteiger partial charge in [-0.05, 0) is 19.1 Å². The molecule has 21 heavy (non-hydrogen) atoms. The van der Waals surface area contributed by atoms with Gasteiger partial charge < -0.3 is 10.5 Å². The van der Waals surface area contributed by atoms with Crippen molar-refractivity contribution in [3.8, 4) is 16.6 Å². The van der Waals surface area contributed by atoms with Crippen molar-refractivity contribution < 1.29 is 9.53 Å². The lowest BCUT2D eigenvalue weighted by Gasteiger charge is -2.01. The van der Waals surface area contributed by atoms with Gasteiger partial charge in [0.25, 0.3) is 0 Å². The summed E-state index contributed by atoms with van der Waals surface area (Å²) in [5, 5.41) is 11.6. The summed E-state index contributed by atoms with van der Waals surface area (Å²) >= 11 is 1.39. The molecule has 0 aliphatic heterocycles. The van der Waals surface area contributed by atoms with E-state index >= 15 is 0 Å². The van der Waals surface area contributed by atoms with Crippen LogP contribution in [-0.2, 0) is 4.74 Å². The predicted octanol–water partition coefficient (Wildman–Crippen LogP) is 2.81. The van der Waals surface area contributed by atoms with E-state index in [9.17, 15) is 4.79 Å². The molecule has 0 saturated heterocycles. The van der Waals surface area contributed by atoms with E-state index in [1.54, 1.807) is 30.5 Å². The molecule has 6 heteroatoms. The van der Waals surface area contributed by atoms with Crippen LogP contribution in [0.1, 0.15) is 23.0 Å². The third-order valence-corrected chi connectivity index (χ3v) is 3.69. The Hall–Kier alpha value is -2.65. The average Bonchev–Trinajstić information content (AvgIpc) is 2.96. The molecule has 0 aliphatic carbocycles. The number of nitrogens with zero attached hydrogens (tertiary/aromatic N) is 2. The summed E-state index contributed by atoms with van der Waals surface area (Å²) in [7, 11) is 1.34. The molecule has 1 heterocycles. The van der Waals surface area contributed by atoms with E-state index in [4.69, 9.17) is 15.7 Å². The Morgan fingerprint density at radius 3 is 2.86 bits per heavy atom. The second kappa shape index (κ2) is 6.20. The van der Waals surface area contributed by atoms with E-state index in [2.05, 4.69) is 4.98 Å². The van der Waals surface area contributed by atoms with Crippen molar-refractivity contribution in [1.29, 1.82) is 5.26 Å². The van der Waals surface area contributed by atoms with E-state index in [0.29, 0.717) is 27.5 Å². The summed E-state index contributed by atoms with van der Waals surface area (Å²) in [4.78, 5) is 15.9. The molecule has 0 radical (unpaired) electrons. The lowest BCUT2D eigenvalue weighted by molar-refractivity contribution is 0.0601. The number of rotatable bonds is 3. The molecule has 0 spiro atoms. The third-order valence-electron chi connectivity index (χ3n) is 2.80. The van der Waals surface area contributed by atoms with Crippen LogP contribution in [0.3, 0.4) is 0 Å². The van der Waals surface area contributed by atoms with Gasteiger partial charge in [-0.1, -0.05) is 12.1 Å². The molecule has 2 N–H and O–H groups in total. The van der Waals surface area contributed by atoms with Crippen LogP contribution in [0.15, 0.2) is 35.3 Å². The van der Waals surface area contributed by atoms with Gasteiger partial charge in [-0.3, -0.25) is 0 Å². The van der Waals surface area contributed by atoms with Gasteiger partial charge >= 0.3 is 5.97 Å². The molecule has 1 aromatic heterocycles. The molecule has 0 fully saturated rings. The first-order chi connectivity index (χ1) is 10.1. The fourth-order valence-electron chi connectivity index (χ4n) is 1.77. The van der Waals surface area contributed by atoms with Crippen molar-refractivity contribution in [2.24, 2.45) is 5.73 Å². The normalized spacial score (nSPS) is 11.5. The fraction of sp³-hybridized carbons (Fsp3) is 0.133. The van der Waals surface area contributed by atoms with Crippen molar-refractivity contribution in [3.05, 3.63) is 46.6 Å². The summed E-state index contributed by atoms with van der Waals surface area (Å²) in [6.45, 7) is 1.66. The highest BCUT2D eigenvalue weighted by Gasteiger charge is 2.12. The second-order valence-electron chi connectivity index (χ2n) is 4.28. The van der Waals surface area contributed by atoms with Gasteiger partial charge in [0.2, 0.25) is 0 Å². The topological polar surface area (TPSA) is 89.0 Å². The molecular formula is C15H13N3O2S. The molecule has 0 saturated carbocycles. The number of esters is 1. The van der Waals surface area contributed by atoms with Crippen LogP contribution in [0.4, 0.5) is 0 Å². The zero-order valence-corrected chi connectivity index (χ0v) is 12.4. The third kappa shape index (κ3) is 3.09. The summed E-state index contributed by atoms with van der Waals surface area (Å²) < 4.78 is 4.70. The second-order valence-corrected chi connectivity index (χ2v) is 5.14. The predicted molar refractivity (Wildman–Crippen MR) is 81.3 cm³/mol. The van der Waals surface area contributed by atoms with Gasteiger partial charge in [0.05, 0.1) is 23.9 Å². The van der Waals surface area contributed by atoms with Crippen LogP contribution in [0, 0.1) is 11.3 Å². The summed E-state index contributed by atoms with van der Waals surface area (Å²) in [5.74, 6) is -0.399. The average molecular weight is 299 g/mol. The van der Waals surface area contributed by atoms with Crippen molar-refractivity contribution in [3.63, 3.8) is 0 Å². The smallest absolute Gasteiger partial charge is 0.337 e. The molecule has 106 valence electrons. The van der Waals surface area contributed by atoms with E-state index in [-0.39, 0.29) is 0 Å². The van der Waals surface area contributed by atoms with Crippen LogP contribution >= 0.6 is 11.3 Å². The zero-order chi connectivity index (χ0) is 15.4. The van der Waals surface area contributed by atoms with Gasteiger partial charge in [0.1, 0.15) is 11.1 Å². The number of allylic oxidation sites excluding steroid dienone is 2. The van der Waals surface area contributed by atoms with Crippen LogP contribution in [0.5, 0.6) is 0 Å². The van der Waals surface area contributed by atoms with Crippen LogP contribution in [0.25, 0.3) is 16.1 Å². The minimum Gasteiger partial charge on any atom is -0.465 e. The molecule has 2 rings (SSSR count). The maximum atomic E-state index is 11.5. The van der Waals surface area contributed by atoms with Crippen molar-refractivity contribution in [1.82, 2.24) is 4.98 Å². The van der Waals surface area contributed by atoms with Crippen molar-refractivity contribution in [2.45, 2.75) is 6.92 Å². The van der Waals surface area contributed by atoms with E-state index in [0.717, 1.165) is 5.56 Å². The Morgan fingerprint density at radius 2 is 2.24 bits per heavy atom. The Kier molecular flexibility index (Phi) is 4.36. The molecule has 5 nitrogen and oxygen atoms in total. The number of benzene rings is 1. The van der Waals surface area contributed by atoms with E-state index < -0.39 is 5.97 Å². The van der Waals surface area contributed by atoms with Gasteiger partial charge in [-0.2, -0.15) is 5.26 Å². The number of hydrogen-bond donors (Lipinski definition) is 1. The lowest BCUT2D eigenvalue weighted by atomic mass is 10.1. The molecular weight excluding hydrogens is 286 g/mol. The number of thiazole rings is 1. The van der Waals surface area contributed by atoms with E-state index in [1.807, 2.05) is 12.1 Å². The molecule has 0 amide bonds. The lowest BCUT2D eigenvalue weighted by Crippen LogP contribution is -2.00. The maximum Gasteiger partial charge on any atom is 0.337 e. The molecule has 0 atom stereocenters. The number of methoxy groups -OCH3 is 1. The van der Waals surface area contributed by atoms with Crippen LogP contribution in [0.2, 0.25) is 0 Å². The first-order valence-corrected chi connectivity index (χ1v) is 6.96. The van der Waals surface area contributed by atoms with Gasteiger partial charge in [0, 0.05) is 16.6 Å². The Morgan fingerprint density at radius 1 is 1.48 bits per heavy atom. The number of carbonyl (C=O) groups excluding carboxylic acids is 1. The molecule has 1 aromatic carbocycles. The summed E-state index contributed by atoms with van der Waals surface area (Å²) in [6.07, 6.45) is 0. The number of ether oxygens (including phenoxy) is 1. The standard InChI is InChI=1S/C15H13N3O2S/c1-9(17)12(7-16)13-8-21-14(18-13)10-4-3-5-11(6-10)15(19)20-2/h3-6,8H,17H2,1-2H3. The SMILES string of the molecule is COC(=O)c1cccc(-c2nc(C(C#N)=C(C)N)cs2)c1. The van der Waals surface area contributed by atoms with Gasteiger partial charge in [-0.15, -0.1) is 11.3 Å². The minimum atomic E-state index is -0.399. The number of aromatic nitrogens is 1. The fourth-order valence-corrected chi connectivity index (χ4v) is 2.57. The van der Waals surface area contributed by atoms with E-state index in [1.165, 1.54) is 18.4 Å². The number of carbonyl (C=O) groups is 1. The highest BCUT2D eigenvalue weighted by molar-refractivity contribution is 7.13. The summed E-state index contributed by atoms with van der Waals surface area (Å²) in [5.41, 5.74) is 8.25.